The van der Waals surface area contributed by atoms with Gasteiger partial charge in [0, 0.05) is 19.4 Å². The lowest BCUT2D eigenvalue weighted by molar-refractivity contribution is -0.136. The van der Waals surface area contributed by atoms with Crippen molar-refractivity contribution in [1.29, 1.82) is 0 Å². The molecule has 1 fully saturated rings. The molecule has 34 heavy (non-hydrogen) atoms. The summed E-state index contributed by atoms with van der Waals surface area (Å²) in [7, 11) is 0. The first kappa shape index (κ1) is 25.8. The average molecular weight is 510 g/mol. The Kier molecular flexibility index (Phi) is 6.68. The highest BCUT2D eigenvalue weighted by molar-refractivity contribution is 7.20. The van der Waals surface area contributed by atoms with Crippen molar-refractivity contribution in [3.05, 3.63) is 31.3 Å². The van der Waals surface area contributed by atoms with Gasteiger partial charge < -0.3 is 4.74 Å². The first-order chi connectivity index (χ1) is 15.5. The van der Waals surface area contributed by atoms with Gasteiger partial charge in [-0.25, -0.2) is 23.8 Å². The molecular formula is C20H23F5N4O4S. The summed E-state index contributed by atoms with van der Waals surface area (Å²) in [6.45, 7) is 5.66. The average Bonchev–Trinajstić information content (AvgIpc) is 2.94. The van der Waals surface area contributed by atoms with Crippen LogP contribution in [0.1, 0.15) is 56.5 Å². The summed E-state index contributed by atoms with van der Waals surface area (Å²) in [5.41, 5.74) is -0.268. The Bertz CT molecular complexity index is 1250. The summed E-state index contributed by atoms with van der Waals surface area (Å²) in [4.78, 5) is 38.0. The first-order valence-electron chi connectivity index (χ1n) is 10.2. The van der Waals surface area contributed by atoms with Crippen molar-refractivity contribution in [2.75, 3.05) is 0 Å². The van der Waals surface area contributed by atoms with E-state index in [4.69, 9.17) is 4.74 Å². The molecular weight excluding hydrogens is 487 g/mol. The van der Waals surface area contributed by atoms with Crippen molar-refractivity contribution in [3.63, 3.8) is 0 Å². The Hall–Kier alpha value is -2.77. The Labute approximate surface area is 194 Å². The molecule has 1 amide bonds. The molecule has 1 aliphatic carbocycles. The predicted octanol–water partition coefficient (Wildman–Crippen LogP) is 4.31. The number of rotatable bonds is 5. The molecule has 0 bridgehead atoms. The molecule has 1 aliphatic rings. The third-order valence-corrected chi connectivity index (χ3v) is 6.32. The normalized spacial score (nSPS) is 16.7. The van der Waals surface area contributed by atoms with Gasteiger partial charge in [-0.15, -0.1) is 11.3 Å². The summed E-state index contributed by atoms with van der Waals surface area (Å²) in [6, 6.07) is -1.11. The molecule has 0 atom stereocenters. The summed E-state index contributed by atoms with van der Waals surface area (Å²) in [6.07, 6.45) is -7.10. The number of fused-ring (bicyclic) bond motifs is 1. The number of nitrogens with one attached hydrogen (secondary N) is 1. The number of ether oxygens (including phenoxy) is 1. The first-order valence-corrected chi connectivity index (χ1v) is 11.1. The van der Waals surface area contributed by atoms with Crippen LogP contribution in [0.15, 0.2) is 14.7 Å². The number of amides is 1. The molecule has 2 aromatic rings. The fraction of sp³-hybridized carbons (Fsp3) is 0.600. The zero-order valence-corrected chi connectivity index (χ0v) is 19.6. The van der Waals surface area contributed by atoms with Gasteiger partial charge in [0.1, 0.15) is 10.4 Å². The number of nitrogens with zero attached hydrogens (tertiary/aromatic N) is 3. The van der Waals surface area contributed by atoms with Crippen molar-refractivity contribution >= 4 is 33.9 Å². The highest BCUT2D eigenvalue weighted by atomic mass is 32.1. The smallest absolute Gasteiger partial charge is 0.428 e. The van der Waals surface area contributed by atoms with E-state index in [2.05, 4.69) is 10.5 Å². The molecule has 0 saturated heterocycles. The molecule has 8 nitrogen and oxygen atoms in total. The van der Waals surface area contributed by atoms with Crippen molar-refractivity contribution in [2.24, 2.45) is 5.10 Å². The van der Waals surface area contributed by atoms with Crippen LogP contribution in [0, 0.1) is 6.92 Å². The van der Waals surface area contributed by atoms with Crippen LogP contribution < -0.4 is 16.7 Å². The van der Waals surface area contributed by atoms with E-state index in [1.54, 1.807) is 20.8 Å². The molecule has 2 aromatic heterocycles. The van der Waals surface area contributed by atoms with Crippen molar-refractivity contribution in [1.82, 2.24) is 14.6 Å². The standard InChI is InChI=1S/C20H23F5N4O4S/c1-10-12(9-26-27-16(31)33-18(2,3)4)34-15-13(10)14(30)29(11-7-19(21,22)8-11)17(32)28(15)6-5-20(23,24)25/h9,11H,5-8H2,1-4H3,(H,27,31)/b26-9+. The number of hydrazone groups is 1. The minimum absolute atomic E-state index is 0.0298. The highest BCUT2D eigenvalue weighted by Crippen LogP contribution is 2.44. The molecule has 0 aliphatic heterocycles. The lowest BCUT2D eigenvalue weighted by Crippen LogP contribution is -2.49. The number of alkyl halides is 5. The van der Waals surface area contributed by atoms with E-state index in [9.17, 15) is 36.3 Å². The van der Waals surface area contributed by atoms with Crippen molar-refractivity contribution in [3.8, 4) is 0 Å². The maximum Gasteiger partial charge on any atom is 0.428 e. The topological polar surface area (TPSA) is 94.7 Å². The summed E-state index contributed by atoms with van der Waals surface area (Å²) in [5.74, 6) is -3.04. The molecule has 0 radical (unpaired) electrons. The van der Waals surface area contributed by atoms with E-state index < -0.39 is 66.9 Å². The van der Waals surface area contributed by atoms with Gasteiger partial charge in [0.2, 0.25) is 0 Å². The van der Waals surface area contributed by atoms with Gasteiger partial charge in [-0.1, -0.05) is 0 Å². The minimum atomic E-state index is -4.58. The van der Waals surface area contributed by atoms with Crippen LogP contribution in [0.2, 0.25) is 0 Å². The second kappa shape index (κ2) is 8.78. The molecule has 1 saturated carbocycles. The van der Waals surface area contributed by atoms with Gasteiger partial charge in [-0.05, 0) is 33.3 Å². The summed E-state index contributed by atoms with van der Waals surface area (Å²) in [5, 5.41) is 3.68. The molecule has 188 valence electrons. The summed E-state index contributed by atoms with van der Waals surface area (Å²) >= 11 is 0.833. The second-order valence-corrected chi connectivity index (χ2v) is 10.1. The minimum Gasteiger partial charge on any atom is -0.443 e. The van der Waals surface area contributed by atoms with E-state index >= 15 is 0 Å². The van der Waals surface area contributed by atoms with E-state index in [0.717, 1.165) is 15.9 Å². The highest BCUT2D eigenvalue weighted by Gasteiger charge is 2.47. The van der Waals surface area contributed by atoms with E-state index in [-0.39, 0.29) is 10.2 Å². The Morgan fingerprint density at radius 2 is 1.88 bits per heavy atom. The van der Waals surface area contributed by atoms with Crippen LogP contribution in [-0.4, -0.2) is 39.1 Å². The summed E-state index contributed by atoms with van der Waals surface area (Å²) < 4.78 is 71.9. The Balaban J connectivity index is 2.06. The zero-order valence-electron chi connectivity index (χ0n) is 18.8. The molecule has 14 heteroatoms. The maximum atomic E-state index is 13.4. The van der Waals surface area contributed by atoms with E-state index in [0.29, 0.717) is 15.0 Å². The number of aryl methyl sites for hydroxylation is 2. The number of carbonyl (C=O) groups excluding carboxylic acids is 1. The maximum absolute atomic E-state index is 13.4. The monoisotopic (exact) mass is 510 g/mol. The molecule has 2 heterocycles. The fourth-order valence-electron chi connectivity index (χ4n) is 3.52. The predicted molar refractivity (Wildman–Crippen MR) is 116 cm³/mol. The largest absolute Gasteiger partial charge is 0.443 e. The number of thiophene rings is 1. The molecule has 3 rings (SSSR count). The van der Waals surface area contributed by atoms with Gasteiger partial charge in [-0.3, -0.25) is 13.9 Å². The number of carbonyl (C=O) groups is 1. The van der Waals surface area contributed by atoms with Gasteiger partial charge in [0.15, 0.2) is 0 Å². The van der Waals surface area contributed by atoms with Crippen LogP contribution in [-0.2, 0) is 11.3 Å². The number of aromatic nitrogens is 2. The lowest BCUT2D eigenvalue weighted by Gasteiger charge is -2.35. The van der Waals surface area contributed by atoms with Crippen LogP contribution in [0.3, 0.4) is 0 Å². The third kappa shape index (κ3) is 5.65. The second-order valence-electron chi connectivity index (χ2n) is 9.04. The van der Waals surface area contributed by atoms with Gasteiger partial charge in [-0.2, -0.15) is 18.3 Å². The quantitative estimate of drug-likeness (QED) is 0.368. The van der Waals surface area contributed by atoms with E-state index in [1.165, 1.54) is 13.1 Å². The van der Waals surface area contributed by atoms with Gasteiger partial charge >= 0.3 is 18.0 Å². The van der Waals surface area contributed by atoms with Crippen molar-refractivity contribution in [2.45, 2.75) is 77.2 Å². The van der Waals surface area contributed by atoms with Crippen LogP contribution >= 0.6 is 11.3 Å². The Morgan fingerprint density at radius 1 is 1.26 bits per heavy atom. The zero-order chi connectivity index (χ0) is 25.6. The van der Waals surface area contributed by atoms with Crippen molar-refractivity contribution < 1.29 is 31.5 Å². The van der Waals surface area contributed by atoms with Gasteiger partial charge in [0.25, 0.3) is 11.5 Å². The lowest BCUT2D eigenvalue weighted by atomic mass is 9.88. The van der Waals surface area contributed by atoms with Crippen LogP contribution in [0.25, 0.3) is 10.2 Å². The molecule has 1 N–H and O–H groups in total. The number of hydrogen-bond donors (Lipinski definition) is 1. The van der Waals surface area contributed by atoms with E-state index in [1.807, 2.05) is 0 Å². The molecule has 0 unspecified atom stereocenters. The van der Waals surface area contributed by atoms with Crippen LogP contribution in [0.4, 0.5) is 26.7 Å². The molecule has 0 aromatic carbocycles. The Morgan fingerprint density at radius 3 is 2.41 bits per heavy atom. The molecule has 0 spiro atoms. The third-order valence-electron chi connectivity index (χ3n) is 5.07. The number of halogens is 5. The fourth-order valence-corrected chi connectivity index (χ4v) is 4.71. The van der Waals surface area contributed by atoms with Crippen LogP contribution in [0.5, 0.6) is 0 Å². The SMILES string of the molecule is Cc1c(/C=N/NC(=O)OC(C)(C)C)sc2c1c(=O)n(C1CC(F)(F)C1)c(=O)n2CCC(F)(F)F. The van der Waals surface area contributed by atoms with Gasteiger partial charge in [0.05, 0.1) is 28.9 Å². The number of hydrogen-bond acceptors (Lipinski definition) is 6.